The monoisotopic (exact) mass is 260 g/mol. The number of benzene rings is 1. The average Bonchev–Trinajstić information content (AvgIpc) is 2.71. The van der Waals surface area contributed by atoms with Crippen LogP contribution < -0.4 is 5.69 Å². The Kier molecular flexibility index (Phi) is 4.83. The molecule has 0 saturated carbocycles. The molecule has 0 bridgehead atoms. The number of hydrogen-bond acceptors (Lipinski definition) is 1. The van der Waals surface area contributed by atoms with Gasteiger partial charge in [0, 0.05) is 13.1 Å². The molecule has 3 nitrogen and oxygen atoms in total. The molecular formula is C16H24N2O. The lowest BCUT2D eigenvalue weighted by atomic mass is 10.1. The highest BCUT2D eigenvalue weighted by atomic mass is 16.1. The second kappa shape index (κ2) is 6.60. The molecule has 0 atom stereocenters. The van der Waals surface area contributed by atoms with Gasteiger partial charge < -0.3 is 0 Å². The number of aryl methyl sites for hydroxylation is 2. The molecule has 104 valence electrons. The number of para-hydroxylation sites is 2. The van der Waals surface area contributed by atoms with Crippen molar-refractivity contribution in [2.75, 3.05) is 0 Å². The fourth-order valence-electron chi connectivity index (χ4n) is 2.67. The van der Waals surface area contributed by atoms with E-state index >= 15 is 0 Å². The van der Waals surface area contributed by atoms with Gasteiger partial charge in [-0.2, -0.15) is 0 Å². The number of rotatable bonds is 7. The molecule has 2 rings (SSSR count). The Labute approximate surface area is 114 Å². The number of aromatic nitrogens is 2. The van der Waals surface area contributed by atoms with Gasteiger partial charge in [-0.3, -0.25) is 9.13 Å². The van der Waals surface area contributed by atoms with Gasteiger partial charge in [0.25, 0.3) is 0 Å². The van der Waals surface area contributed by atoms with Crippen LogP contribution >= 0.6 is 0 Å². The van der Waals surface area contributed by atoms with Crippen molar-refractivity contribution in [1.82, 2.24) is 9.13 Å². The lowest BCUT2D eigenvalue weighted by Crippen LogP contribution is -2.23. The first-order valence-corrected chi connectivity index (χ1v) is 7.47. The van der Waals surface area contributed by atoms with Gasteiger partial charge in [-0.1, -0.05) is 44.7 Å². The second-order valence-corrected chi connectivity index (χ2v) is 5.08. The number of nitrogens with zero attached hydrogens (tertiary/aromatic N) is 2. The van der Waals surface area contributed by atoms with E-state index in [0.29, 0.717) is 0 Å². The lowest BCUT2D eigenvalue weighted by molar-refractivity contribution is 0.556. The molecule has 0 spiro atoms. The quantitative estimate of drug-likeness (QED) is 0.696. The summed E-state index contributed by atoms with van der Waals surface area (Å²) in [5.41, 5.74) is 2.27. The van der Waals surface area contributed by atoms with Crippen LogP contribution in [0.4, 0.5) is 0 Å². The van der Waals surface area contributed by atoms with Crippen LogP contribution in [0.2, 0.25) is 0 Å². The maximum Gasteiger partial charge on any atom is 0.329 e. The van der Waals surface area contributed by atoms with Crippen molar-refractivity contribution in [3.63, 3.8) is 0 Å². The molecule has 0 saturated heterocycles. The molecule has 0 amide bonds. The fraction of sp³-hybridized carbons (Fsp3) is 0.562. The SMILES string of the molecule is CCCCCCCn1c(=O)n(CC)c2ccccc21. The number of imidazole rings is 1. The molecule has 2 aromatic rings. The Morgan fingerprint density at radius 2 is 1.53 bits per heavy atom. The molecule has 0 aliphatic heterocycles. The summed E-state index contributed by atoms with van der Waals surface area (Å²) in [4.78, 5) is 12.4. The normalized spacial score (nSPS) is 11.3. The summed E-state index contributed by atoms with van der Waals surface area (Å²) in [5.74, 6) is 0. The molecule has 0 aliphatic carbocycles. The maximum atomic E-state index is 12.4. The molecule has 0 aliphatic rings. The highest BCUT2D eigenvalue weighted by Gasteiger charge is 2.10. The van der Waals surface area contributed by atoms with Gasteiger partial charge >= 0.3 is 5.69 Å². The van der Waals surface area contributed by atoms with Crippen LogP contribution in [0, 0.1) is 0 Å². The van der Waals surface area contributed by atoms with Crippen molar-refractivity contribution >= 4 is 11.0 Å². The summed E-state index contributed by atoms with van der Waals surface area (Å²) in [6.45, 7) is 5.83. The van der Waals surface area contributed by atoms with Crippen LogP contribution in [0.5, 0.6) is 0 Å². The van der Waals surface area contributed by atoms with Crippen molar-refractivity contribution in [3.8, 4) is 0 Å². The zero-order valence-corrected chi connectivity index (χ0v) is 12.1. The van der Waals surface area contributed by atoms with E-state index in [-0.39, 0.29) is 5.69 Å². The Morgan fingerprint density at radius 3 is 2.16 bits per heavy atom. The Hall–Kier alpha value is -1.51. The van der Waals surface area contributed by atoms with Gasteiger partial charge in [0.2, 0.25) is 0 Å². The van der Waals surface area contributed by atoms with E-state index in [1.807, 2.05) is 34.3 Å². The first kappa shape index (κ1) is 13.9. The number of fused-ring (bicyclic) bond motifs is 1. The van der Waals surface area contributed by atoms with E-state index in [0.717, 1.165) is 30.5 Å². The number of unbranched alkanes of at least 4 members (excludes halogenated alkanes) is 4. The van der Waals surface area contributed by atoms with Crippen LogP contribution in [0.15, 0.2) is 29.1 Å². The van der Waals surface area contributed by atoms with E-state index in [2.05, 4.69) is 13.0 Å². The van der Waals surface area contributed by atoms with Crippen LogP contribution in [0.25, 0.3) is 11.0 Å². The van der Waals surface area contributed by atoms with Crippen molar-refractivity contribution in [2.24, 2.45) is 0 Å². The Balaban J connectivity index is 2.18. The van der Waals surface area contributed by atoms with E-state index in [9.17, 15) is 4.79 Å². The fourth-order valence-corrected chi connectivity index (χ4v) is 2.67. The number of hydrogen-bond donors (Lipinski definition) is 0. The van der Waals surface area contributed by atoms with E-state index < -0.39 is 0 Å². The third-order valence-electron chi connectivity index (χ3n) is 3.73. The minimum Gasteiger partial charge on any atom is -0.292 e. The van der Waals surface area contributed by atoms with Crippen LogP contribution in [-0.4, -0.2) is 9.13 Å². The maximum absolute atomic E-state index is 12.4. The van der Waals surface area contributed by atoms with E-state index in [1.54, 1.807) is 0 Å². The predicted molar refractivity (Wildman–Crippen MR) is 80.6 cm³/mol. The van der Waals surface area contributed by atoms with E-state index in [4.69, 9.17) is 0 Å². The van der Waals surface area contributed by atoms with Gasteiger partial charge in [0.05, 0.1) is 11.0 Å². The zero-order chi connectivity index (χ0) is 13.7. The van der Waals surface area contributed by atoms with Gasteiger partial charge in [-0.05, 0) is 25.5 Å². The average molecular weight is 260 g/mol. The summed E-state index contributed by atoms with van der Waals surface area (Å²) >= 11 is 0. The molecule has 1 aromatic carbocycles. The molecule has 0 unspecified atom stereocenters. The highest BCUT2D eigenvalue weighted by molar-refractivity contribution is 5.75. The topological polar surface area (TPSA) is 26.9 Å². The molecule has 0 fully saturated rings. The summed E-state index contributed by atoms with van der Waals surface area (Å²) in [7, 11) is 0. The van der Waals surface area contributed by atoms with Gasteiger partial charge in [0.15, 0.2) is 0 Å². The summed E-state index contributed by atoms with van der Waals surface area (Å²) < 4.78 is 3.80. The second-order valence-electron chi connectivity index (χ2n) is 5.08. The third kappa shape index (κ3) is 2.91. The molecule has 3 heteroatoms. The third-order valence-corrected chi connectivity index (χ3v) is 3.73. The minimum atomic E-state index is 0.138. The van der Waals surface area contributed by atoms with Gasteiger partial charge in [-0.25, -0.2) is 4.79 Å². The van der Waals surface area contributed by atoms with Crippen molar-refractivity contribution in [1.29, 1.82) is 0 Å². The molecule has 0 radical (unpaired) electrons. The van der Waals surface area contributed by atoms with Crippen molar-refractivity contribution in [3.05, 3.63) is 34.7 Å². The first-order chi connectivity index (χ1) is 9.29. The highest BCUT2D eigenvalue weighted by Crippen LogP contribution is 2.14. The summed E-state index contributed by atoms with van der Waals surface area (Å²) in [6, 6.07) is 8.09. The Morgan fingerprint density at radius 1 is 0.895 bits per heavy atom. The molecule has 1 aromatic heterocycles. The zero-order valence-electron chi connectivity index (χ0n) is 12.1. The smallest absolute Gasteiger partial charge is 0.292 e. The Bertz CT molecular complexity index is 580. The predicted octanol–water partition coefficient (Wildman–Crippen LogP) is 3.79. The largest absolute Gasteiger partial charge is 0.329 e. The molecule has 1 heterocycles. The first-order valence-electron chi connectivity index (χ1n) is 7.47. The van der Waals surface area contributed by atoms with E-state index in [1.165, 1.54) is 25.7 Å². The summed E-state index contributed by atoms with van der Waals surface area (Å²) in [6.07, 6.45) is 6.14. The van der Waals surface area contributed by atoms with Gasteiger partial charge in [0.1, 0.15) is 0 Å². The molecular weight excluding hydrogens is 236 g/mol. The van der Waals surface area contributed by atoms with Crippen LogP contribution in [0.3, 0.4) is 0 Å². The molecule has 19 heavy (non-hydrogen) atoms. The van der Waals surface area contributed by atoms with Gasteiger partial charge in [-0.15, -0.1) is 0 Å². The summed E-state index contributed by atoms with van der Waals surface area (Å²) in [5, 5.41) is 0. The van der Waals surface area contributed by atoms with Crippen LogP contribution in [-0.2, 0) is 13.1 Å². The van der Waals surface area contributed by atoms with Crippen LogP contribution in [0.1, 0.15) is 46.0 Å². The standard InChI is InChI=1S/C16H24N2O/c1-3-5-6-7-10-13-18-15-12-9-8-11-14(15)17(4-2)16(18)19/h8-9,11-12H,3-7,10,13H2,1-2H3. The molecule has 0 N–H and O–H groups in total. The lowest BCUT2D eigenvalue weighted by Gasteiger charge is -2.03. The van der Waals surface area contributed by atoms with Crippen molar-refractivity contribution < 1.29 is 0 Å². The minimum absolute atomic E-state index is 0.138. The van der Waals surface area contributed by atoms with Crippen molar-refractivity contribution in [2.45, 2.75) is 59.0 Å².